The third-order valence-electron chi connectivity index (χ3n) is 4.17. The zero-order valence-corrected chi connectivity index (χ0v) is 15.6. The van der Waals surface area contributed by atoms with E-state index in [1.807, 2.05) is 54.6 Å². The first-order valence-corrected chi connectivity index (χ1v) is 8.88. The van der Waals surface area contributed by atoms with Gasteiger partial charge in [-0.25, -0.2) is 0 Å². The quantitative estimate of drug-likeness (QED) is 0.581. The van der Waals surface area contributed by atoms with E-state index in [4.69, 9.17) is 9.47 Å². The molecule has 3 heteroatoms. The zero-order chi connectivity index (χ0) is 18.3. The number of ether oxygens (including phenoxy) is 2. The van der Waals surface area contributed by atoms with E-state index in [1.54, 1.807) is 0 Å². The van der Waals surface area contributed by atoms with Crippen molar-refractivity contribution in [3.63, 3.8) is 0 Å². The lowest BCUT2D eigenvalue weighted by Gasteiger charge is -2.28. The van der Waals surface area contributed by atoms with Gasteiger partial charge in [-0.05, 0) is 41.7 Å². The van der Waals surface area contributed by atoms with Crippen LogP contribution < -0.4 is 4.74 Å². The highest BCUT2D eigenvalue weighted by atomic mass is 16.5. The molecule has 0 radical (unpaired) electrons. The number of carbonyl (C=O) groups excluding carboxylic acids is 1. The van der Waals surface area contributed by atoms with Crippen LogP contribution in [0, 0.1) is 11.3 Å². The summed E-state index contributed by atoms with van der Waals surface area (Å²) in [6.45, 7) is 8.62. The van der Waals surface area contributed by atoms with Crippen LogP contribution in [0.15, 0.2) is 54.6 Å². The van der Waals surface area contributed by atoms with Gasteiger partial charge in [-0.3, -0.25) is 4.79 Å². The first kappa shape index (κ1) is 19.0. The van der Waals surface area contributed by atoms with Gasteiger partial charge in [0.1, 0.15) is 18.1 Å². The smallest absolute Gasteiger partial charge is 0.309 e. The van der Waals surface area contributed by atoms with Crippen LogP contribution in [0.2, 0.25) is 0 Å². The van der Waals surface area contributed by atoms with Gasteiger partial charge >= 0.3 is 5.97 Å². The van der Waals surface area contributed by atoms with Crippen LogP contribution in [0.3, 0.4) is 0 Å². The molecular formula is C22H28O3. The Hall–Kier alpha value is -2.29. The Morgan fingerprint density at radius 2 is 1.68 bits per heavy atom. The van der Waals surface area contributed by atoms with Gasteiger partial charge in [0.05, 0.1) is 5.92 Å². The van der Waals surface area contributed by atoms with Crippen LogP contribution in [0.4, 0.5) is 0 Å². The molecule has 0 bridgehead atoms. The number of benzene rings is 2. The molecule has 2 aromatic rings. The molecule has 0 amide bonds. The monoisotopic (exact) mass is 340 g/mol. The number of hydrogen-bond acceptors (Lipinski definition) is 3. The maximum atomic E-state index is 12.5. The Bertz CT molecular complexity index is 671. The Labute approximate surface area is 151 Å². The maximum absolute atomic E-state index is 12.5. The molecule has 0 aliphatic rings. The predicted octanol–water partition coefficient (Wildman–Crippen LogP) is 5.98. The number of rotatable bonds is 7. The molecule has 3 nitrogen and oxygen atoms in total. The fraction of sp³-hybridized carbons (Fsp3) is 0.409. The van der Waals surface area contributed by atoms with Gasteiger partial charge in [0, 0.05) is 0 Å². The minimum absolute atomic E-state index is 0.0822. The van der Waals surface area contributed by atoms with Crippen LogP contribution in [-0.2, 0) is 16.1 Å². The third kappa shape index (κ3) is 5.93. The summed E-state index contributed by atoms with van der Waals surface area (Å²) in [4.78, 5) is 12.5. The number of carbonyl (C=O) groups is 1. The molecule has 0 fully saturated rings. The van der Waals surface area contributed by atoms with E-state index in [9.17, 15) is 4.79 Å². The van der Waals surface area contributed by atoms with Crippen molar-refractivity contribution in [2.45, 2.75) is 47.1 Å². The lowest BCUT2D eigenvalue weighted by atomic mass is 9.78. The Morgan fingerprint density at radius 3 is 2.32 bits per heavy atom. The van der Waals surface area contributed by atoms with E-state index in [0.717, 1.165) is 29.9 Å². The van der Waals surface area contributed by atoms with Gasteiger partial charge in [-0.2, -0.15) is 0 Å². The zero-order valence-electron chi connectivity index (χ0n) is 15.6. The van der Waals surface area contributed by atoms with Crippen molar-refractivity contribution in [1.82, 2.24) is 0 Å². The lowest BCUT2D eigenvalue weighted by molar-refractivity contribution is -0.154. The second-order valence-corrected chi connectivity index (χ2v) is 7.38. The standard InChI is InChI=1S/C22H28O3/c1-5-10-20(22(2,3)4)21(23)24-16-17-11-9-14-19(15-17)25-18-12-7-6-8-13-18/h6-9,11-15,20H,5,10,16H2,1-4H3. The van der Waals surface area contributed by atoms with E-state index in [2.05, 4.69) is 27.7 Å². The fourth-order valence-electron chi connectivity index (χ4n) is 2.77. The van der Waals surface area contributed by atoms with E-state index in [1.165, 1.54) is 0 Å². The minimum Gasteiger partial charge on any atom is -0.461 e. The van der Waals surface area contributed by atoms with Crippen molar-refractivity contribution in [2.75, 3.05) is 0 Å². The Morgan fingerprint density at radius 1 is 1.00 bits per heavy atom. The summed E-state index contributed by atoms with van der Waals surface area (Å²) in [5, 5.41) is 0. The van der Waals surface area contributed by atoms with E-state index in [0.29, 0.717) is 0 Å². The van der Waals surface area contributed by atoms with Gasteiger partial charge in [-0.1, -0.05) is 64.4 Å². The predicted molar refractivity (Wildman–Crippen MR) is 101 cm³/mol. The van der Waals surface area contributed by atoms with E-state index < -0.39 is 0 Å². The molecule has 0 aromatic heterocycles. The summed E-state index contributed by atoms with van der Waals surface area (Å²) < 4.78 is 11.4. The molecule has 0 saturated heterocycles. The minimum atomic E-state index is -0.122. The molecular weight excluding hydrogens is 312 g/mol. The van der Waals surface area contributed by atoms with Gasteiger partial charge < -0.3 is 9.47 Å². The maximum Gasteiger partial charge on any atom is 0.309 e. The largest absolute Gasteiger partial charge is 0.461 e. The van der Waals surface area contributed by atoms with Crippen molar-refractivity contribution in [2.24, 2.45) is 11.3 Å². The average Bonchev–Trinajstić information content (AvgIpc) is 2.58. The van der Waals surface area contributed by atoms with Crippen LogP contribution in [0.25, 0.3) is 0 Å². The number of esters is 1. The van der Waals surface area contributed by atoms with Crippen LogP contribution >= 0.6 is 0 Å². The lowest BCUT2D eigenvalue weighted by Crippen LogP contribution is -2.30. The highest BCUT2D eigenvalue weighted by molar-refractivity contribution is 5.73. The molecule has 0 aliphatic heterocycles. The molecule has 134 valence electrons. The van der Waals surface area contributed by atoms with Crippen LogP contribution in [-0.4, -0.2) is 5.97 Å². The second-order valence-electron chi connectivity index (χ2n) is 7.38. The third-order valence-corrected chi connectivity index (χ3v) is 4.17. The first-order chi connectivity index (χ1) is 11.9. The normalized spacial score (nSPS) is 12.5. The van der Waals surface area contributed by atoms with Gasteiger partial charge in [0.25, 0.3) is 0 Å². The van der Waals surface area contributed by atoms with Crippen molar-refractivity contribution in [3.8, 4) is 11.5 Å². The molecule has 2 rings (SSSR count). The molecule has 0 spiro atoms. The van der Waals surface area contributed by atoms with Crippen LogP contribution in [0.1, 0.15) is 46.1 Å². The summed E-state index contributed by atoms with van der Waals surface area (Å²) in [5.41, 5.74) is 0.830. The summed E-state index contributed by atoms with van der Waals surface area (Å²) in [6.07, 6.45) is 1.82. The molecule has 1 unspecified atom stereocenters. The van der Waals surface area contributed by atoms with Crippen molar-refractivity contribution in [1.29, 1.82) is 0 Å². The number of para-hydroxylation sites is 1. The Balaban J connectivity index is 1.98. The highest BCUT2D eigenvalue weighted by Gasteiger charge is 2.31. The molecule has 0 aliphatic carbocycles. The summed E-state index contributed by atoms with van der Waals surface area (Å²) in [5.74, 6) is 1.32. The van der Waals surface area contributed by atoms with Gasteiger partial charge in [-0.15, -0.1) is 0 Å². The fourth-order valence-corrected chi connectivity index (χ4v) is 2.77. The Kier molecular flexibility index (Phi) is 6.63. The average molecular weight is 340 g/mol. The van der Waals surface area contributed by atoms with Crippen molar-refractivity contribution >= 4 is 5.97 Å². The molecule has 0 heterocycles. The second kappa shape index (κ2) is 8.70. The molecule has 2 aromatic carbocycles. The molecule has 0 N–H and O–H groups in total. The first-order valence-electron chi connectivity index (χ1n) is 8.88. The number of hydrogen-bond donors (Lipinski definition) is 0. The molecule has 1 atom stereocenters. The molecule has 25 heavy (non-hydrogen) atoms. The SMILES string of the molecule is CCCC(C(=O)OCc1cccc(Oc2ccccc2)c1)C(C)(C)C. The molecule has 0 saturated carbocycles. The van der Waals surface area contributed by atoms with Gasteiger partial charge in [0.2, 0.25) is 0 Å². The van der Waals surface area contributed by atoms with Crippen molar-refractivity contribution < 1.29 is 14.3 Å². The van der Waals surface area contributed by atoms with Crippen LogP contribution in [0.5, 0.6) is 11.5 Å². The summed E-state index contributed by atoms with van der Waals surface area (Å²) in [6, 6.07) is 17.3. The van der Waals surface area contributed by atoms with E-state index in [-0.39, 0.29) is 23.9 Å². The van der Waals surface area contributed by atoms with Crippen molar-refractivity contribution in [3.05, 3.63) is 60.2 Å². The summed E-state index contributed by atoms with van der Waals surface area (Å²) in [7, 11) is 0. The topological polar surface area (TPSA) is 35.5 Å². The van der Waals surface area contributed by atoms with Gasteiger partial charge in [0.15, 0.2) is 0 Å². The summed E-state index contributed by atoms with van der Waals surface area (Å²) >= 11 is 0. The van der Waals surface area contributed by atoms with E-state index >= 15 is 0 Å². The highest BCUT2D eigenvalue weighted by Crippen LogP contribution is 2.31.